The van der Waals surface area contributed by atoms with Crippen LogP contribution < -0.4 is 10.6 Å². The summed E-state index contributed by atoms with van der Waals surface area (Å²) in [5, 5.41) is 5.53. The standard InChI is InChI=1S/C11H14F3N7/c1-15-8-18-9(17-4-2-3-11(12,13)14)20-10(19-8)21-6-5-16-7-21/h5-7H,2-4H2,1H3,(H2,15,17,18,19,20). The average Bonchev–Trinajstić information content (AvgIpc) is 2.96. The molecule has 0 aliphatic rings. The van der Waals surface area contributed by atoms with E-state index in [2.05, 4.69) is 30.6 Å². The highest BCUT2D eigenvalue weighted by molar-refractivity contribution is 5.37. The number of alkyl halides is 3. The average molecular weight is 301 g/mol. The molecule has 0 radical (unpaired) electrons. The molecule has 114 valence electrons. The highest BCUT2D eigenvalue weighted by atomic mass is 19.4. The van der Waals surface area contributed by atoms with Gasteiger partial charge >= 0.3 is 6.18 Å². The van der Waals surface area contributed by atoms with Crippen LogP contribution in [0.5, 0.6) is 0 Å². The van der Waals surface area contributed by atoms with E-state index in [1.165, 1.54) is 6.33 Å². The zero-order valence-corrected chi connectivity index (χ0v) is 11.2. The largest absolute Gasteiger partial charge is 0.389 e. The summed E-state index contributed by atoms with van der Waals surface area (Å²) in [6, 6.07) is 0. The van der Waals surface area contributed by atoms with Crippen LogP contribution >= 0.6 is 0 Å². The fourth-order valence-corrected chi connectivity index (χ4v) is 1.54. The van der Waals surface area contributed by atoms with Crippen LogP contribution in [0, 0.1) is 0 Å². The van der Waals surface area contributed by atoms with Crippen LogP contribution in [-0.2, 0) is 0 Å². The first-order valence-electron chi connectivity index (χ1n) is 6.21. The Bertz CT molecular complexity index is 568. The van der Waals surface area contributed by atoms with E-state index in [1.54, 1.807) is 24.0 Å². The van der Waals surface area contributed by atoms with Crippen LogP contribution in [0.15, 0.2) is 18.7 Å². The molecule has 0 fully saturated rings. The van der Waals surface area contributed by atoms with E-state index in [0.29, 0.717) is 11.9 Å². The molecule has 0 atom stereocenters. The molecule has 0 aliphatic carbocycles. The van der Waals surface area contributed by atoms with Crippen molar-refractivity contribution in [3.8, 4) is 5.95 Å². The zero-order chi connectivity index (χ0) is 15.3. The van der Waals surface area contributed by atoms with Crippen LogP contribution in [0.25, 0.3) is 5.95 Å². The lowest BCUT2D eigenvalue weighted by atomic mass is 10.3. The molecule has 0 amide bonds. The summed E-state index contributed by atoms with van der Waals surface area (Å²) >= 11 is 0. The molecule has 0 spiro atoms. The smallest absolute Gasteiger partial charge is 0.357 e. The molecule has 0 saturated carbocycles. The van der Waals surface area contributed by atoms with E-state index < -0.39 is 12.6 Å². The number of anilines is 2. The molecule has 7 nitrogen and oxygen atoms in total. The predicted molar refractivity (Wildman–Crippen MR) is 70.3 cm³/mol. The van der Waals surface area contributed by atoms with E-state index >= 15 is 0 Å². The number of hydrogen-bond acceptors (Lipinski definition) is 6. The Labute approximate surface area is 118 Å². The van der Waals surface area contributed by atoms with Gasteiger partial charge < -0.3 is 10.6 Å². The number of rotatable bonds is 6. The lowest BCUT2D eigenvalue weighted by molar-refractivity contribution is -0.134. The minimum absolute atomic E-state index is 0.0511. The van der Waals surface area contributed by atoms with Crippen molar-refractivity contribution in [1.29, 1.82) is 0 Å². The fraction of sp³-hybridized carbons (Fsp3) is 0.455. The van der Waals surface area contributed by atoms with E-state index in [4.69, 9.17) is 0 Å². The number of nitrogens with zero attached hydrogens (tertiary/aromatic N) is 5. The highest BCUT2D eigenvalue weighted by Crippen LogP contribution is 2.21. The van der Waals surface area contributed by atoms with E-state index in [1.807, 2.05) is 0 Å². The van der Waals surface area contributed by atoms with Crippen LogP contribution in [0.2, 0.25) is 0 Å². The minimum atomic E-state index is -4.15. The van der Waals surface area contributed by atoms with Crippen LogP contribution in [0.1, 0.15) is 12.8 Å². The topological polar surface area (TPSA) is 80.5 Å². The van der Waals surface area contributed by atoms with E-state index in [-0.39, 0.29) is 18.9 Å². The molecule has 2 aromatic heterocycles. The van der Waals surface area contributed by atoms with Gasteiger partial charge in [-0.3, -0.25) is 4.57 Å². The van der Waals surface area contributed by atoms with Gasteiger partial charge in [0, 0.05) is 32.4 Å². The van der Waals surface area contributed by atoms with Crippen LogP contribution in [-0.4, -0.2) is 44.3 Å². The van der Waals surface area contributed by atoms with Gasteiger partial charge in [0.2, 0.25) is 17.8 Å². The molecule has 0 aromatic carbocycles. The number of halogens is 3. The van der Waals surface area contributed by atoms with Gasteiger partial charge in [0.15, 0.2) is 0 Å². The van der Waals surface area contributed by atoms with Crippen LogP contribution in [0.4, 0.5) is 25.1 Å². The molecule has 2 aromatic rings. The summed E-state index contributed by atoms with van der Waals surface area (Å²) in [6.07, 6.45) is -0.314. The first-order valence-corrected chi connectivity index (χ1v) is 6.21. The maximum atomic E-state index is 12.1. The summed E-state index contributed by atoms with van der Waals surface area (Å²) in [6.45, 7) is 0.121. The Morgan fingerprint density at radius 3 is 2.57 bits per heavy atom. The molecule has 2 heterocycles. The Morgan fingerprint density at radius 1 is 1.19 bits per heavy atom. The summed E-state index contributed by atoms with van der Waals surface area (Å²) < 4.78 is 37.8. The maximum absolute atomic E-state index is 12.1. The van der Waals surface area contributed by atoms with Crippen molar-refractivity contribution in [2.75, 3.05) is 24.2 Å². The number of nitrogens with one attached hydrogen (secondary N) is 2. The number of imidazole rings is 1. The highest BCUT2D eigenvalue weighted by Gasteiger charge is 2.25. The van der Waals surface area contributed by atoms with Gasteiger partial charge in [-0.2, -0.15) is 28.1 Å². The van der Waals surface area contributed by atoms with Gasteiger partial charge in [-0.05, 0) is 6.42 Å². The van der Waals surface area contributed by atoms with Gasteiger partial charge in [-0.1, -0.05) is 0 Å². The molecule has 0 bridgehead atoms. The lowest BCUT2D eigenvalue weighted by Crippen LogP contribution is -2.14. The Kier molecular flexibility index (Phi) is 4.55. The van der Waals surface area contributed by atoms with Gasteiger partial charge in [-0.25, -0.2) is 4.98 Å². The summed E-state index contributed by atoms with van der Waals surface area (Å²) in [7, 11) is 1.64. The van der Waals surface area contributed by atoms with Crippen molar-refractivity contribution in [2.45, 2.75) is 19.0 Å². The lowest BCUT2D eigenvalue weighted by Gasteiger charge is -2.09. The van der Waals surface area contributed by atoms with E-state index in [0.717, 1.165) is 0 Å². The summed E-state index contributed by atoms with van der Waals surface area (Å²) in [5.41, 5.74) is 0. The first kappa shape index (κ1) is 15.0. The van der Waals surface area contributed by atoms with Crippen molar-refractivity contribution < 1.29 is 13.2 Å². The molecule has 0 aliphatic heterocycles. The number of hydrogen-bond donors (Lipinski definition) is 2. The molecule has 21 heavy (non-hydrogen) atoms. The van der Waals surface area contributed by atoms with Crippen molar-refractivity contribution in [2.24, 2.45) is 0 Å². The Hall–Kier alpha value is -2.39. The minimum Gasteiger partial charge on any atom is -0.357 e. The number of aromatic nitrogens is 5. The van der Waals surface area contributed by atoms with Crippen molar-refractivity contribution in [1.82, 2.24) is 24.5 Å². The predicted octanol–water partition coefficient (Wildman–Crippen LogP) is 1.85. The Balaban J connectivity index is 2.04. The third kappa shape index (κ3) is 4.58. The molecular weight excluding hydrogens is 287 g/mol. The zero-order valence-electron chi connectivity index (χ0n) is 11.2. The monoisotopic (exact) mass is 301 g/mol. The fourth-order valence-electron chi connectivity index (χ4n) is 1.54. The van der Waals surface area contributed by atoms with Crippen molar-refractivity contribution in [3.05, 3.63) is 18.7 Å². The third-order valence-corrected chi connectivity index (χ3v) is 2.50. The molecule has 2 rings (SSSR count). The second-order valence-electron chi connectivity index (χ2n) is 4.15. The van der Waals surface area contributed by atoms with Crippen molar-refractivity contribution in [3.63, 3.8) is 0 Å². The van der Waals surface area contributed by atoms with Gasteiger partial charge in [0.1, 0.15) is 6.33 Å². The molecule has 0 unspecified atom stereocenters. The van der Waals surface area contributed by atoms with Gasteiger partial charge in [0.25, 0.3) is 0 Å². The first-order chi connectivity index (χ1) is 9.98. The second kappa shape index (κ2) is 6.37. The third-order valence-electron chi connectivity index (χ3n) is 2.50. The SMILES string of the molecule is CNc1nc(NCCCC(F)(F)F)nc(-n2ccnc2)n1. The second-order valence-corrected chi connectivity index (χ2v) is 4.15. The quantitative estimate of drug-likeness (QED) is 0.793. The molecule has 10 heteroatoms. The maximum Gasteiger partial charge on any atom is 0.389 e. The Morgan fingerprint density at radius 2 is 1.95 bits per heavy atom. The van der Waals surface area contributed by atoms with Gasteiger partial charge in [0.05, 0.1) is 0 Å². The van der Waals surface area contributed by atoms with Crippen LogP contribution in [0.3, 0.4) is 0 Å². The molecule has 2 N–H and O–H groups in total. The van der Waals surface area contributed by atoms with E-state index in [9.17, 15) is 13.2 Å². The normalized spacial score (nSPS) is 11.4. The molecule has 0 saturated heterocycles. The van der Waals surface area contributed by atoms with Gasteiger partial charge in [-0.15, -0.1) is 0 Å². The summed E-state index contributed by atoms with van der Waals surface area (Å²) in [5.74, 6) is 0.845. The molecular formula is C11H14F3N7. The van der Waals surface area contributed by atoms with Crippen molar-refractivity contribution >= 4 is 11.9 Å². The summed E-state index contributed by atoms with van der Waals surface area (Å²) in [4.78, 5) is 16.2.